The van der Waals surface area contributed by atoms with Gasteiger partial charge in [-0.05, 0) is 47.7 Å². The molecule has 7 heteroatoms. The molecule has 3 aromatic heterocycles. The zero-order valence-electron chi connectivity index (χ0n) is 14.9. The van der Waals surface area contributed by atoms with Crippen LogP contribution < -0.4 is 4.74 Å². The molecule has 4 rings (SSSR count). The normalized spacial score (nSPS) is 11.3. The van der Waals surface area contributed by atoms with E-state index in [1.54, 1.807) is 17.5 Å². The predicted molar refractivity (Wildman–Crippen MR) is 112 cm³/mol. The Hall–Kier alpha value is -2.35. The maximum absolute atomic E-state index is 6.19. The quantitative estimate of drug-likeness (QED) is 0.390. The Morgan fingerprint density at radius 1 is 1.07 bits per heavy atom. The first kappa shape index (κ1) is 18.0. The smallest absolute Gasteiger partial charge is 0.232 e. The molecule has 1 aromatic carbocycles. The molecule has 0 aliphatic heterocycles. The fourth-order valence-corrected chi connectivity index (χ4v) is 4.05. The molecular weight excluding hydrogens is 424 g/mol. The molecule has 0 N–H and O–H groups in total. The summed E-state index contributed by atoms with van der Waals surface area (Å²) in [4.78, 5) is 16.7. The summed E-state index contributed by atoms with van der Waals surface area (Å²) >= 11 is 5.05. The van der Waals surface area contributed by atoms with Crippen LogP contribution in [0.3, 0.4) is 0 Å². The highest BCUT2D eigenvalue weighted by Crippen LogP contribution is 2.40. The van der Waals surface area contributed by atoms with Crippen LogP contribution >= 0.6 is 27.3 Å². The maximum atomic E-state index is 6.19. The van der Waals surface area contributed by atoms with Gasteiger partial charge in [-0.15, -0.1) is 11.3 Å². The Morgan fingerprint density at radius 3 is 2.63 bits per heavy atom. The fraction of sp³-hybridized carbons (Fsp3) is 0.150. The molecule has 0 radical (unpaired) electrons. The van der Waals surface area contributed by atoms with Gasteiger partial charge >= 0.3 is 0 Å². The van der Waals surface area contributed by atoms with Crippen LogP contribution in [0.4, 0.5) is 0 Å². The molecule has 0 fully saturated rings. The Bertz CT molecular complexity index is 1080. The molecule has 0 bridgehead atoms. The van der Waals surface area contributed by atoms with Crippen LogP contribution in [0.2, 0.25) is 0 Å². The topological polar surface area (TPSA) is 51.1 Å². The van der Waals surface area contributed by atoms with E-state index < -0.39 is 0 Å². The predicted octanol–water partition coefficient (Wildman–Crippen LogP) is 5.37. The van der Waals surface area contributed by atoms with Crippen molar-refractivity contribution >= 4 is 37.5 Å². The van der Waals surface area contributed by atoms with Gasteiger partial charge in [0.2, 0.25) is 5.88 Å². The van der Waals surface area contributed by atoms with Gasteiger partial charge in [-0.1, -0.05) is 30.3 Å². The first-order valence-corrected chi connectivity index (χ1v) is 10.1. The van der Waals surface area contributed by atoms with Gasteiger partial charge in [-0.2, -0.15) is 4.98 Å². The Labute approximate surface area is 169 Å². The van der Waals surface area contributed by atoms with Gasteiger partial charge in [-0.3, -0.25) is 0 Å². The van der Waals surface area contributed by atoms with Crippen LogP contribution in [0.1, 0.15) is 5.82 Å². The molecule has 0 atom stereocenters. The van der Waals surface area contributed by atoms with E-state index in [1.807, 2.05) is 49.3 Å². The molecule has 0 amide bonds. The third-order valence-corrected chi connectivity index (χ3v) is 5.39. The van der Waals surface area contributed by atoms with E-state index in [9.17, 15) is 0 Å². The van der Waals surface area contributed by atoms with Crippen LogP contribution in [0, 0.1) is 0 Å². The Kier molecular flexibility index (Phi) is 5.15. The van der Waals surface area contributed by atoms with Crippen molar-refractivity contribution in [2.45, 2.75) is 6.54 Å². The number of ether oxygens (including phenoxy) is 1. The minimum Gasteiger partial charge on any atom is -0.435 e. The number of rotatable bonds is 5. The molecule has 0 saturated heterocycles. The van der Waals surface area contributed by atoms with E-state index in [0.29, 0.717) is 22.8 Å². The molecule has 0 saturated carbocycles. The number of benzene rings is 1. The molecule has 4 aromatic rings. The van der Waals surface area contributed by atoms with Crippen LogP contribution in [0.15, 0.2) is 58.6 Å². The van der Waals surface area contributed by atoms with Crippen molar-refractivity contribution in [3.8, 4) is 22.8 Å². The molecule has 0 unspecified atom stereocenters. The minimum absolute atomic E-state index is 0.547. The van der Waals surface area contributed by atoms with Crippen molar-refractivity contribution in [1.82, 2.24) is 19.9 Å². The maximum Gasteiger partial charge on any atom is 0.232 e. The fourth-order valence-electron chi connectivity index (χ4n) is 2.76. The summed E-state index contributed by atoms with van der Waals surface area (Å²) in [5, 5.41) is 3.03. The first-order valence-electron chi connectivity index (χ1n) is 8.38. The van der Waals surface area contributed by atoms with E-state index in [2.05, 4.69) is 38.4 Å². The van der Waals surface area contributed by atoms with E-state index >= 15 is 0 Å². The first-order chi connectivity index (χ1) is 13.1. The molecule has 3 heterocycles. The molecule has 0 spiro atoms. The van der Waals surface area contributed by atoms with Gasteiger partial charge in [0.15, 0.2) is 5.75 Å². The monoisotopic (exact) mass is 440 g/mol. The lowest BCUT2D eigenvalue weighted by Crippen LogP contribution is -2.13. The van der Waals surface area contributed by atoms with E-state index in [4.69, 9.17) is 14.7 Å². The second-order valence-corrected chi connectivity index (χ2v) is 7.88. The van der Waals surface area contributed by atoms with E-state index in [0.717, 1.165) is 27.2 Å². The largest absolute Gasteiger partial charge is 0.435 e. The number of fused-ring (bicyclic) bond motifs is 1. The van der Waals surface area contributed by atoms with Crippen LogP contribution in [-0.2, 0) is 6.54 Å². The second kappa shape index (κ2) is 7.72. The van der Waals surface area contributed by atoms with Gasteiger partial charge in [0, 0.05) is 17.1 Å². The molecule has 5 nitrogen and oxygen atoms in total. The number of halogens is 1. The van der Waals surface area contributed by atoms with Gasteiger partial charge in [0.25, 0.3) is 0 Å². The average molecular weight is 441 g/mol. The number of nitrogens with zero attached hydrogens (tertiary/aromatic N) is 4. The summed E-state index contributed by atoms with van der Waals surface area (Å²) in [6, 6.07) is 13.9. The number of pyridine rings is 1. The van der Waals surface area contributed by atoms with Crippen molar-refractivity contribution < 1.29 is 4.74 Å². The molecule has 0 aliphatic rings. The summed E-state index contributed by atoms with van der Waals surface area (Å²) in [5.41, 5.74) is 2.19. The van der Waals surface area contributed by atoms with E-state index in [-0.39, 0.29) is 0 Å². The second-order valence-electron chi connectivity index (χ2n) is 6.27. The van der Waals surface area contributed by atoms with Crippen molar-refractivity contribution in [1.29, 1.82) is 0 Å². The average Bonchev–Trinajstić information content (AvgIpc) is 3.08. The van der Waals surface area contributed by atoms with Crippen molar-refractivity contribution in [3.63, 3.8) is 0 Å². The summed E-state index contributed by atoms with van der Waals surface area (Å²) in [6.45, 7) is 0.638. The Morgan fingerprint density at radius 2 is 1.89 bits per heavy atom. The zero-order valence-corrected chi connectivity index (χ0v) is 17.3. The lowest BCUT2D eigenvalue weighted by Gasteiger charge is -2.12. The van der Waals surface area contributed by atoms with Crippen molar-refractivity contribution in [3.05, 3.63) is 64.5 Å². The van der Waals surface area contributed by atoms with Gasteiger partial charge in [0.1, 0.15) is 15.3 Å². The standard InChI is InChI=1S/C20H17BrN4OS/c1-25(2)11-16-23-19(26-15-9-6-10-22-18(15)21)17-14(12-27-20(17)24-16)13-7-4-3-5-8-13/h3-10,12H,11H2,1-2H3. The molecule has 136 valence electrons. The third kappa shape index (κ3) is 3.85. The number of hydrogen-bond acceptors (Lipinski definition) is 6. The van der Waals surface area contributed by atoms with Crippen LogP contribution in [0.25, 0.3) is 21.3 Å². The number of aromatic nitrogens is 3. The highest BCUT2D eigenvalue weighted by atomic mass is 79.9. The van der Waals surface area contributed by atoms with Crippen molar-refractivity contribution in [2.24, 2.45) is 0 Å². The highest BCUT2D eigenvalue weighted by molar-refractivity contribution is 9.10. The summed E-state index contributed by atoms with van der Waals surface area (Å²) in [6.07, 6.45) is 1.71. The van der Waals surface area contributed by atoms with E-state index in [1.165, 1.54) is 0 Å². The summed E-state index contributed by atoms with van der Waals surface area (Å²) in [5.74, 6) is 1.90. The van der Waals surface area contributed by atoms with Crippen molar-refractivity contribution in [2.75, 3.05) is 14.1 Å². The molecule has 27 heavy (non-hydrogen) atoms. The number of thiophene rings is 1. The number of hydrogen-bond donors (Lipinski definition) is 0. The van der Waals surface area contributed by atoms with Gasteiger partial charge in [0.05, 0.1) is 11.9 Å². The minimum atomic E-state index is 0.547. The third-order valence-electron chi connectivity index (χ3n) is 3.92. The SMILES string of the molecule is CN(C)Cc1nc(Oc2cccnc2Br)c2c(-c3ccccc3)csc2n1. The Balaban J connectivity index is 1.89. The highest BCUT2D eigenvalue weighted by Gasteiger charge is 2.18. The summed E-state index contributed by atoms with van der Waals surface area (Å²) in [7, 11) is 3.99. The zero-order chi connectivity index (χ0) is 18.8. The van der Waals surface area contributed by atoms with Crippen LogP contribution in [0.5, 0.6) is 11.6 Å². The molecule has 0 aliphatic carbocycles. The molecular formula is C20H17BrN4OS. The van der Waals surface area contributed by atoms with Gasteiger partial charge < -0.3 is 9.64 Å². The summed E-state index contributed by atoms with van der Waals surface area (Å²) < 4.78 is 6.83. The lowest BCUT2D eigenvalue weighted by atomic mass is 10.1. The lowest BCUT2D eigenvalue weighted by molar-refractivity contribution is 0.385. The van der Waals surface area contributed by atoms with Gasteiger partial charge in [-0.25, -0.2) is 9.97 Å². The van der Waals surface area contributed by atoms with Crippen LogP contribution in [-0.4, -0.2) is 33.9 Å².